The zero-order valence-electron chi connectivity index (χ0n) is 16.0. The Kier molecular flexibility index (Phi) is 4.47. The number of hydrogen-bond acceptors (Lipinski definition) is 2. The van der Waals surface area contributed by atoms with E-state index in [0.29, 0.717) is 6.61 Å². The van der Waals surface area contributed by atoms with Crippen molar-refractivity contribution in [1.29, 1.82) is 0 Å². The Balaban J connectivity index is 2.10. The summed E-state index contributed by atoms with van der Waals surface area (Å²) >= 11 is 0. The van der Waals surface area contributed by atoms with Gasteiger partial charge in [-0.05, 0) is 27.2 Å². The van der Waals surface area contributed by atoms with Gasteiger partial charge in [0.05, 0.1) is 12.2 Å². The molecular formula is C22H30O2Si. The van der Waals surface area contributed by atoms with Crippen LogP contribution in [-0.4, -0.2) is 25.6 Å². The summed E-state index contributed by atoms with van der Waals surface area (Å²) in [5.41, 5.74) is -0.765. The quantitative estimate of drug-likeness (QED) is 0.829. The lowest BCUT2D eigenvalue weighted by atomic mass is 10.1. The monoisotopic (exact) mass is 354 g/mol. The lowest BCUT2D eigenvalue weighted by Crippen LogP contribution is -2.67. The van der Waals surface area contributed by atoms with Gasteiger partial charge in [0.2, 0.25) is 0 Å². The fraction of sp³-hybridized carbons (Fsp3) is 0.455. The molecule has 1 N–H and O–H groups in total. The van der Waals surface area contributed by atoms with E-state index >= 15 is 0 Å². The first kappa shape index (κ1) is 18.4. The summed E-state index contributed by atoms with van der Waals surface area (Å²) in [5.74, 6) is 0. The third-order valence-corrected chi connectivity index (χ3v) is 10.8. The Bertz CT molecular complexity index is 679. The molecule has 0 amide bonds. The Morgan fingerprint density at radius 3 is 1.64 bits per heavy atom. The highest BCUT2D eigenvalue weighted by Crippen LogP contribution is 2.56. The van der Waals surface area contributed by atoms with E-state index in [0.717, 1.165) is 6.42 Å². The van der Waals surface area contributed by atoms with Crippen molar-refractivity contribution in [3.05, 3.63) is 60.7 Å². The largest absolute Gasteiger partial charge is 0.404 e. The molecule has 2 aromatic rings. The van der Waals surface area contributed by atoms with Crippen LogP contribution in [-0.2, 0) is 4.43 Å². The number of benzene rings is 2. The van der Waals surface area contributed by atoms with Crippen molar-refractivity contribution >= 4 is 18.7 Å². The molecule has 2 aromatic carbocycles. The van der Waals surface area contributed by atoms with E-state index in [1.807, 2.05) is 12.1 Å². The molecule has 0 spiro atoms. The van der Waals surface area contributed by atoms with E-state index in [1.54, 1.807) is 0 Å². The molecule has 1 fully saturated rings. The lowest BCUT2D eigenvalue weighted by Gasteiger charge is -2.43. The van der Waals surface area contributed by atoms with Gasteiger partial charge in [0, 0.05) is 0 Å². The second kappa shape index (κ2) is 6.08. The molecule has 0 saturated heterocycles. The summed E-state index contributed by atoms with van der Waals surface area (Å²) in [4.78, 5) is 0. The first-order chi connectivity index (χ1) is 11.6. The molecule has 134 valence electrons. The minimum atomic E-state index is -2.54. The summed E-state index contributed by atoms with van der Waals surface area (Å²) in [6.45, 7) is 11.4. The smallest absolute Gasteiger partial charge is 0.261 e. The summed E-state index contributed by atoms with van der Waals surface area (Å²) < 4.78 is 6.82. The first-order valence-electron chi connectivity index (χ1n) is 9.10. The molecule has 3 heteroatoms. The molecule has 0 aromatic heterocycles. The second-order valence-electron chi connectivity index (χ2n) is 9.04. The Hall–Kier alpha value is -1.42. The molecule has 3 rings (SSSR count). The van der Waals surface area contributed by atoms with Gasteiger partial charge in [0.25, 0.3) is 8.32 Å². The van der Waals surface area contributed by atoms with E-state index in [-0.39, 0.29) is 10.5 Å². The average Bonchev–Trinajstić information content (AvgIpc) is 3.07. The van der Waals surface area contributed by atoms with Gasteiger partial charge in [-0.1, -0.05) is 95.3 Å². The highest BCUT2D eigenvalue weighted by Gasteiger charge is 2.62. The number of hydrogen-bond donors (Lipinski definition) is 1. The van der Waals surface area contributed by atoms with Crippen molar-refractivity contribution in [3.8, 4) is 0 Å². The molecule has 1 atom stereocenters. The molecular weight excluding hydrogens is 324 g/mol. The van der Waals surface area contributed by atoms with Crippen LogP contribution in [0, 0.1) is 5.41 Å². The number of aliphatic hydroxyl groups is 1. The van der Waals surface area contributed by atoms with Gasteiger partial charge < -0.3 is 9.53 Å². The van der Waals surface area contributed by atoms with Crippen molar-refractivity contribution in [1.82, 2.24) is 0 Å². The van der Waals surface area contributed by atoms with E-state index < -0.39 is 13.9 Å². The van der Waals surface area contributed by atoms with Crippen molar-refractivity contribution in [2.75, 3.05) is 6.61 Å². The highest BCUT2D eigenvalue weighted by molar-refractivity contribution is 6.99. The molecule has 0 heterocycles. The SMILES string of the molecule is CC1(C)C[C@]1(O)CO[Si](c1ccccc1)(c1ccccc1)C(C)(C)C. The van der Waals surface area contributed by atoms with Gasteiger partial charge in [-0.3, -0.25) is 0 Å². The van der Waals surface area contributed by atoms with Crippen LogP contribution in [0.15, 0.2) is 60.7 Å². The molecule has 2 nitrogen and oxygen atoms in total. The molecule has 0 radical (unpaired) electrons. The van der Waals surface area contributed by atoms with Crippen LogP contribution in [0.5, 0.6) is 0 Å². The average molecular weight is 355 g/mol. The van der Waals surface area contributed by atoms with Gasteiger partial charge in [-0.15, -0.1) is 0 Å². The van der Waals surface area contributed by atoms with Crippen molar-refractivity contribution < 1.29 is 9.53 Å². The minimum absolute atomic E-state index is 0.0505. The lowest BCUT2D eigenvalue weighted by molar-refractivity contribution is 0.0501. The van der Waals surface area contributed by atoms with Gasteiger partial charge in [0.1, 0.15) is 0 Å². The van der Waals surface area contributed by atoms with Crippen LogP contribution in [0.25, 0.3) is 0 Å². The summed E-state index contributed by atoms with van der Waals surface area (Å²) in [6, 6.07) is 21.2. The predicted molar refractivity (Wildman–Crippen MR) is 107 cm³/mol. The molecule has 0 unspecified atom stereocenters. The first-order valence-corrected chi connectivity index (χ1v) is 11.0. The maximum Gasteiger partial charge on any atom is 0.261 e. The van der Waals surface area contributed by atoms with E-state index in [1.165, 1.54) is 10.4 Å². The third kappa shape index (κ3) is 3.09. The standard InChI is InChI=1S/C22H30O2Si/c1-20(2,3)25(18-12-8-6-9-13-18,19-14-10-7-11-15-19)24-17-22(23)16-21(22,4)5/h6-15,23H,16-17H2,1-5H3/t22-/m0/s1. The fourth-order valence-corrected chi connectivity index (χ4v) is 8.53. The van der Waals surface area contributed by atoms with Crippen LogP contribution in [0.3, 0.4) is 0 Å². The van der Waals surface area contributed by atoms with Crippen LogP contribution >= 0.6 is 0 Å². The number of rotatable bonds is 5. The Labute approximate surface area is 153 Å². The van der Waals surface area contributed by atoms with Crippen molar-refractivity contribution in [3.63, 3.8) is 0 Å². The predicted octanol–water partition coefficient (Wildman–Crippen LogP) is 3.72. The normalized spacial score (nSPS) is 22.6. The highest BCUT2D eigenvalue weighted by atomic mass is 28.4. The molecule has 1 aliphatic rings. The molecule has 1 saturated carbocycles. The topological polar surface area (TPSA) is 29.5 Å². The molecule has 25 heavy (non-hydrogen) atoms. The van der Waals surface area contributed by atoms with Crippen LogP contribution in [0.4, 0.5) is 0 Å². The van der Waals surface area contributed by atoms with Crippen molar-refractivity contribution in [2.24, 2.45) is 5.41 Å². The van der Waals surface area contributed by atoms with Gasteiger partial charge in [0.15, 0.2) is 0 Å². The van der Waals surface area contributed by atoms with Gasteiger partial charge in [-0.25, -0.2) is 0 Å². The summed E-state index contributed by atoms with van der Waals surface area (Å²) in [5, 5.41) is 13.3. The Morgan fingerprint density at radius 2 is 1.32 bits per heavy atom. The van der Waals surface area contributed by atoms with Crippen molar-refractivity contribution in [2.45, 2.75) is 51.7 Å². The summed E-state index contributed by atoms with van der Waals surface area (Å²) in [6.07, 6.45) is 0.804. The minimum Gasteiger partial charge on any atom is -0.404 e. The Morgan fingerprint density at radius 1 is 0.920 bits per heavy atom. The van der Waals surface area contributed by atoms with Crippen LogP contribution in [0.2, 0.25) is 5.04 Å². The van der Waals surface area contributed by atoms with Crippen LogP contribution < -0.4 is 10.4 Å². The zero-order valence-corrected chi connectivity index (χ0v) is 17.0. The van der Waals surface area contributed by atoms with E-state index in [4.69, 9.17) is 4.43 Å². The maximum absolute atomic E-state index is 10.9. The second-order valence-corrected chi connectivity index (χ2v) is 13.3. The molecule has 1 aliphatic carbocycles. The zero-order chi connectivity index (χ0) is 18.3. The molecule has 0 bridgehead atoms. The van der Waals surface area contributed by atoms with Gasteiger partial charge in [-0.2, -0.15) is 0 Å². The van der Waals surface area contributed by atoms with E-state index in [2.05, 4.69) is 83.1 Å². The molecule has 0 aliphatic heterocycles. The third-order valence-electron chi connectivity index (χ3n) is 5.81. The van der Waals surface area contributed by atoms with E-state index in [9.17, 15) is 5.11 Å². The van der Waals surface area contributed by atoms with Gasteiger partial charge >= 0.3 is 0 Å². The maximum atomic E-state index is 10.9. The fourth-order valence-electron chi connectivity index (χ4n) is 3.92. The summed E-state index contributed by atoms with van der Waals surface area (Å²) in [7, 11) is -2.54. The van der Waals surface area contributed by atoms with Crippen LogP contribution in [0.1, 0.15) is 41.0 Å².